The number of piperazine rings is 1. The zero-order chi connectivity index (χ0) is 17.4. The first-order chi connectivity index (χ1) is 11.7. The number of ether oxygens (including phenoxy) is 2. The van der Waals surface area contributed by atoms with E-state index in [1.165, 1.54) is 0 Å². The molecule has 1 aromatic rings. The minimum atomic E-state index is -0.456. The SMILES string of the molecule is COCCCN1C(=O)CN(CCOC)C(=O)[C@H]1Cc1ccccc1. The molecule has 2 rings (SSSR count). The van der Waals surface area contributed by atoms with Gasteiger partial charge in [0, 0.05) is 40.3 Å². The van der Waals surface area contributed by atoms with E-state index in [0.29, 0.717) is 32.7 Å². The maximum Gasteiger partial charge on any atom is 0.246 e. The van der Waals surface area contributed by atoms with Gasteiger partial charge in [-0.3, -0.25) is 9.59 Å². The topological polar surface area (TPSA) is 59.1 Å². The van der Waals surface area contributed by atoms with Gasteiger partial charge in [0.05, 0.1) is 13.2 Å². The molecular weight excluding hydrogens is 308 g/mol. The van der Waals surface area contributed by atoms with E-state index in [1.54, 1.807) is 24.0 Å². The number of hydrogen-bond donors (Lipinski definition) is 0. The predicted molar refractivity (Wildman–Crippen MR) is 90.6 cm³/mol. The van der Waals surface area contributed by atoms with Gasteiger partial charge in [0.15, 0.2) is 0 Å². The lowest BCUT2D eigenvalue weighted by Gasteiger charge is -2.40. The first-order valence-electron chi connectivity index (χ1n) is 8.27. The maximum atomic E-state index is 12.9. The average Bonchev–Trinajstić information content (AvgIpc) is 2.60. The monoisotopic (exact) mass is 334 g/mol. The third-order valence-corrected chi connectivity index (χ3v) is 4.20. The molecule has 132 valence electrons. The van der Waals surface area contributed by atoms with Crippen LogP contribution < -0.4 is 0 Å². The number of methoxy groups -OCH3 is 2. The number of amides is 2. The Morgan fingerprint density at radius 1 is 1.04 bits per heavy atom. The van der Waals surface area contributed by atoms with Crippen molar-refractivity contribution >= 4 is 11.8 Å². The van der Waals surface area contributed by atoms with Crippen LogP contribution in [0.2, 0.25) is 0 Å². The molecule has 0 aromatic heterocycles. The second-order valence-electron chi connectivity index (χ2n) is 5.89. The zero-order valence-electron chi connectivity index (χ0n) is 14.4. The van der Waals surface area contributed by atoms with E-state index in [9.17, 15) is 9.59 Å². The average molecular weight is 334 g/mol. The molecule has 1 fully saturated rings. The summed E-state index contributed by atoms with van der Waals surface area (Å²) in [7, 11) is 3.23. The molecule has 1 aliphatic heterocycles. The molecule has 2 amide bonds. The lowest BCUT2D eigenvalue weighted by molar-refractivity contribution is -0.156. The minimum Gasteiger partial charge on any atom is -0.385 e. The van der Waals surface area contributed by atoms with Gasteiger partial charge in [0.25, 0.3) is 0 Å². The van der Waals surface area contributed by atoms with Crippen molar-refractivity contribution in [3.05, 3.63) is 35.9 Å². The molecule has 0 spiro atoms. The van der Waals surface area contributed by atoms with Crippen LogP contribution in [-0.2, 0) is 25.5 Å². The molecule has 1 heterocycles. The van der Waals surface area contributed by atoms with Gasteiger partial charge in [0.1, 0.15) is 6.04 Å². The number of carbonyl (C=O) groups excluding carboxylic acids is 2. The van der Waals surface area contributed by atoms with Gasteiger partial charge in [-0.2, -0.15) is 0 Å². The Kier molecular flexibility index (Phi) is 7.21. The van der Waals surface area contributed by atoms with Crippen molar-refractivity contribution in [1.29, 1.82) is 0 Å². The van der Waals surface area contributed by atoms with Crippen LogP contribution in [0, 0.1) is 0 Å². The van der Waals surface area contributed by atoms with E-state index in [0.717, 1.165) is 12.0 Å². The van der Waals surface area contributed by atoms with Crippen LogP contribution in [0.4, 0.5) is 0 Å². The molecule has 0 unspecified atom stereocenters. The van der Waals surface area contributed by atoms with Crippen LogP contribution in [0.1, 0.15) is 12.0 Å². The number of carbonyl (C=O) groups is 2. The molecule has 0 aliphatic carbocycles. The van der Waals surface area contributed by atoms with Crippen LogP contribution in [0.15, 0.2) is 30.3 Å². The van der Waals surface area contributed by atoms with Crippen LogP contribution >= 0.6 is 0 Å². The van der Waals surface area contributed by atoms with E-state index in [1.807, 2.05) is 30.3 Å². The first kappa shape index (κ1) is 18.4. The highest BCUT2D eigenvalue weighted by atomic mass is 16.5. The standard InChI is InChI=1S/C18H26N2O4/c1-23-11-6-9-20-16(13-15-7-4-3-5-8-15)18(22)19(10-12-24-2)14-17(20)21/h3-5,7-8,16H,6,9-14H2,1-2H3/t16-/m1/s1. The molecule has 24 heavy (non-hydrogen) atoms. The summed E-state index contributed by atoms with van der Waals surface area (Å²) in [5.74, 6) is -0.0179. The fourth-order valence-corrected chi connectivity index (χ4v) is 2.94. The Bertz CT molecular complexity index is 535. The third-order valence-electron chi connectivity index (χ3n) is 4.20. The molecule has 0 bridgehead atoms. The summed E-state index contributed by atoms with van der Waals surface area (Å²) in [5, 5.41) is 0. The fourth-order valence-electron chi connectivity index (χ4n) is 2.94. The lowest BCUT2D eigenvalue weighted by atomic mass is 10.0. The molecule has 0 N–H and O–H groups in total. The van der Waals surface area contributed by atoms with Crippen molar-refractivity contribution in [1.82, 2.24) is 9.80 Å². The summed E-state index contributed by atoms with van der Waals surface area (Å²) in [6.45, 7) is 2.11. The first-order valence-corrected chi connectivity index (χ1v) is 8.27. The minimum absolute atomic E-state index is 0.00656. The van der Waals surface area contributed by atoms with E-state index < -0.39 is 6.04 Å². The summed E-state index contributed by atoms with van der Waals surface area (Å²) in [5.41, 5.74) is 1.05. The highest BCUT2D eigenvalue weighted by Crippen LogP contribution is 2.18. The third kappa shape index (κ3) is 4.79. The van der Waals surface area contributed by atoms with Crippen LogP contribution in [0.3, 0.4) is 0 Å². The quantitative estimate of drug-likeness (QED) is 0.631. The van der Waals surface area contributed by atoms with Crippen molar-refractivity contribution in [2.75, 3.05) is 47.1 Å². The Morgan fingerprint density at radius 2 is 1.75 bits per heavy atom. The van der Waals surface area contributed by atoms with Crippen LogP contribution in [0.5, 0.6) is 0 Å². The van der Waals surface area contributed by atoms with Gasteiger partial charge in [0.2, 0.25) is 11.8 Å². The number of rotatable bonds is 9. The van der Waals surface area contributed by atoms with Gasteiger partial charge < -0.3 is 19.3 Å². The number of hydrogen-bond acceptors (Lipinski definition) is 4. The lowest BCUT2D eigenvalue weighted by Crippen LogP contribution is -2.61. The maximum absolute atomic E-state index is 12.9. The van der Waals surface area contributed by atoms with E-state index in [-0.39, 0.29) is 18.4 Å². The van der Waals surface area contributed by atoms with Gasteiger partial charge in [-0.05, 0) is 12.0 Å². The smallest absolute Gasteiger partial charge is 0.246 e. The molecule has 1 aromatic carbocycles. The van der Waals surface area contributed by atoms with E-state index in [2.05, 4.69) is 0 Å². The number of nitrogens with zero attached hydrogens (tertiary/aromatic N) is 2. The summed E-state index contributed by atoms with van der Waals surface area (Å²) in [6.07, 6.45) is 1.25. The Labute approximate surface area is 143 Å². The normalized spacial score (nSPS) is 18.3. The Balaban J connectivity index is 2.14. The molecule has 1 atom stereocenters. The van der Waals surface area contributed by atoms with Crippen molar-refractivity contribution in [2.45, 2.75) is 18.9 Å². The highest BCUT2D eigenvalue weighted by molar-refractivity contribution is 5.95. The molecule has 0 radical (unpaired) electrons. The summed E-state index contributed by atoms with van der Waals surface area (Å²) >= 11 is 0. The van der Waals surface area contributed by atoms with Gasteiger partial charge in [-0.1, -0.05) is 30.3 Å². The van der Waals surface area contributed by atoms with Crippen molar-refractivity contribution < 1.29 is 19.1 Å². The molecular formula is C18H26N2O4. The molecule has 6 heteroatoms. The predicted octanol–water partition coefficient (Wildman–Crippen LogP) is 0.951. The largest absolute Gasteiger partial charge is 0.385 e. The van der Waals surface area contributed by atoms with Crippen molar-refractivity contribution in [3.8, 4) is 0 Å². The fraction of sp³-hybridized carbons (Fsp3) is 0.556. The van der Waals surface area contributed by atoms with Crippen LogP contribution in [0.25, 0.3) is 0 Å². The van der Waals surface area contributed by atoms with Gasteiger partial charge in [-0.15, -0.1) is 0 Å². The van der Waals surface area contributed by atoms with Crippen molar-refractivity contribution in [3.63, 3.8) is 0 Å². The van der Waals surface area contributed by atoms with Gasteiger partial charge >= 0.3 is 0 Å². The van der Waals surface area contributed by atoms with Crippen LogP contribution in [-0.4, -0.2) is 74.7 Å². The summed E-state index contributed by atoms with van der Waals surface area (Å²) < 4.78 is 10.1. The van der Waals surface area contributed by atoms with Gasteiger partial charge in [-0.25, -0.2) is 0 Å². The molecule has 6 nitrogen and oxygen atoms in total. The second-order valence-corrected chi connectivity index (χ2v) is 5.89. The second kappa shape index (κ2) is 9.39. The highest BCUT2D eigenvalue weighted by Gasteiger charge is 2.38. The Hall–Kier alpha value is -1.92. The number of benzene rings is 1. The van der Waals surface area contributed by atoms with Crippen molar-refractivity contribution in [2.24, 2.45) is 0 Å². The molecule has 1 saturated heterocycles. The zero-order valence-corrected chi connectivity index (χ0v) is 14.4. The van der Waals surface area contributed by atoms with E-state index >= 15 is 0 Å². The summed E-state index contributed by atoms with van der Waals surface area (Å²) in [6, 6.07) is 9.35. The van der Waals surface area contributed by atoms with E-state index in [4.69, 9.17) is 9.47 Å². The molecule has 0 saturated carbocycles. The Morgan fingerprint density at radius 3 is 2.42 bits per heavy atom. The molecule has 1 aliphatic rings. The summed E-state index contributed by atoms with van der Waals surface area (Å²) in [4.78, 5) is 28.7.